The number of carbonyl (C=O) groups is 3. The number of halogens is 1. The Hall–Kier alpha value is -0.990. The first-order chi connectivity index (χ1) is 13.0. The zero-order valence-corrected chi connectivity index (χ0v) is 18.7. The average molecular weight is 435 g/mol. The number of hydrogen-bond donors (Lipinski definition) is 2. The van der Waals surface area contributed by atoms with Crippen molar-refractivity contribution < 1.29 is 14.4 Å². The van der Waals surface area contributed by atoms with Gasteiger partial charge in [0.15, 0.2) is 0 Å². The molecule has 0 aromatic carbocycles. The molecule has 0 aromatic heterocycles. The zero-order valence-electron chi connectivity index (χ0n) is 17.1. The van der Waals surface area contributed by atoms with Crippen LogP contribution in [0.3, 0.4) is 0 Å². The fourth-order valence-electron chi connectivity index (χ4n) is 3.32. The number of hydrogen-bond acceptors (Lipinski definition) is 5. The molecule has 0 bridgehead atoms. The topological polar surface area (TPSA) is 81.8 Å². The summed E-state index contributed by atoms with van der Waals surface area (Å²) in [7, 11) is 0. The van der Waals surface area contributed by atoms with Crippen LogP contribution >= 0.6 is 24.2 Å². The van der Waals surface area contributed by atoms with E-state index in [0.717, 1.165) is 30.9 Å². The molecule has 2 saturated heterocycles. The number of piperazine rings is 1. The highest BCUT2D eigenvalue weighted by Crippen LogP contribution is 2.11. The minimum Gasteiger partial charge on any atom is -0.355 e. The van der Waals surface area contributed by atoms with E-state index in [0.29, 0.717) is 51.5 Å². The first kappa shape index (κ1) is 25.0. The Bertz CT molecular complexity index is 507. The molecule has 0 saturated carbocycles. The van der Waals surface area contributed by atoms with Gasteiger partial charge in [-0.3, -0.25) is 19.7 Å². The van der Waals surface area contributed by atoms with Crippen molar-refractivity contribution in [2.45, 2.75) is 52.0 Å². The Morgan fingerprint density at radius 3 is 2.25 bits per heavy atom. The van der Waals surface area contributed by atoms with Crippen LogP contribution in [0.5, 0.6) is 0 Å². The minimum absolute atomic E-state index is 0. The fraction of sp³-hybridized carbons (Fsp3) is 0.842. The molecule has 9 heteroatoms. The van der Waals surface area contributed by atoms with Gasteiger partial charge in [0.25, 0.3) is 0 Å². The van der Waals surface area contributed by atoms with Gasteiger partial charge in [-0.1, -0.05) is 20.3 Å². The third-order valence-electron chi connectivity index (χ3n) is 4.97. The zero-order chi connectivity index (χ0) is 19.6. The smallest absolute Gasteiger partial charge is 0.238 e. The number of unbranched alkanes of at least 4 members (excludes halogenated alkanes) is 2. The molecule has 7 nitrogen and oxygen atoms in total. The number of nitrogens with one attached hydrogen (secondary N) is 2. The third-order valence-corrected chi connectivity index (χ3v) is 5.91. The fourth-order valence-corrected chi connectivity index (χ4v) is 4.26. The van der Waals surface area contributed by atoms with Crippen molar-refractivity contribution in [2.75, 3.05) is 44.4 Å². The summed E-state index contributed by atoms with van der Waals surface area (Å²) >= 11 is 1.74. The largest absolute Gasteiger partial charge is 0.355 e. The van der Waals surface area contributed by atoms with Crippen LogP contribution in [-0.4, -0.2) is 77.9 Å². The van der Waals surface area contributed by atoms with Gasteiger partial charge in [-0.25, -0.2) is 0 Å². The number of carbonyl (C=O) groups excluding carboxylic acids is 3. The normalized spacial score (nSPS) is 19.5. The van der Waals surface area contributed by atoms with Crippen LogP contribution in [0.2, 0.25) is 0 Å². The van der Waals surface area contributed by atoms with Gasteiger partial charge in [-0.05, 0) is 18.8 Å². The maximum absolute atomic E-state index is 12.3. The Kier molecular flexibility index (Phi) is 11.9. The molecule has 0 aliphatic carbocycles. The minimum atomic E-state index is -0.0531. The van der Waals surface area contributed by atoms with Crippen molar-refractivity contribution in [2.24, 2.45) is 5.92 Å². The van der Waals surface area contributed by atoms with Crippen molar-refractivity contribution in [3.63, 3.8) is 0 Å². The van der Waals surface area contributed by atoms with Crippen molar-refractivity contribution in [3.8, 4) is 0 Å². The van der Waals surface area contributed by atoms with Gasteiger partial charge in [-0.2, -0.15) is 0 Å². The molecule has 1 unspecified atom stereocenters. The molecule has 2 heterocycles. The van der Waals surface area contributed by atoms with Crippen molar-refractivity contribution in [1.82, 2.24) is 20.4 Å². The van der Waals surface area contributed by atoms with Crippen LogP contribution in [0.4, 0.5) is 0 Å². The van der Waals surface area contributed by atoms with Crippen LogP contribution in [0, 0.1) is 5.92 Å². The maximum Gasteiger partial charge on any atom is 0.238 e. The standard InChI is InChI=1S/C19H34N4O3S.ClH/c1-15(2)12-18(25)23-10-8-22(9-11-23)17(24)6-4-3-5-7-20-19(26)16-13-27-14-21-16;/h15-16,21H,3-14H2,1-2H3,(H,20,26);1H. The van der Waals surface area contributed by atoms with Gasteiger partial charge in [0.05, 0.1) is 6.04 Å². The molecule has 3 amide bonds. The first-order valence-corrected chi connectivity index (χ1v) is 11.3. The summed E-state index contributed by atoms with van der Waals surface area (Å²) in [6.07, 6.45) is 3.82. The van der Waals surface area contributed by atoms with E-state index in [1.54, 1.807) is 11.8 Å². The summed E-state index contributed by atoms with van der Waals surface area (Å²) in [4.78, 5) is 40.0. The summed E-state index contributed by atoms with van der Waals surface area (Å²) in [6.45, 7) is 7.36. The Labute approximate surface area is 179 Å². The Morgan fingerprint density at radius 2 is 1.68 bits per heavy atom. The third kappa shape index (κ3) is 8.57. The van der Waals surface area contributed by atoms with Crippen molar-refractivity contribution >= 4 is 41.9 Å². The summed E-state index contributed by atoms with van der Waals surface area (Å²) in [5.41, 5.74) is 0. The predicted octanol–water partition coefficient (Wildman–Crippen LogP) is 1.46. The lowest BCUT2D eigenvalue weighted by Gasteiger charge is -2.35. The molecule has 0 radical (unpaired) electrons. The molecule has 2 fully saturated rings. The predicted molar refractivity (Wildman–Crippen MR) is 116 cm³/mol. The lowest BCUT2D eigenvalue weighted by Crippen LogP contribution is -2.50. The van der Waals surface area contributed by atoms with E-state index >= 15 is 0 Å². The SMILES string of the molecule is CC(C)CC(=O)N1CCN(C(=O)CCCCCNC(=O)C2CSCN2)CC1.Cl. The van der Waals surface area contributed by atoms with Crippen molar-refractivity contribution in [1.29, 1.82) is 0 Å². The lowest BCUT2D eigenvalue weighted by molar-refractivity contribution is -0.140. The summed E-state index contributed by atoms with van der Waals surface area (Å²) < 4.78 is 0. The van der Waals surface area contributed by atoms with E-state index in [1.807, 2.05) is 23.6 Å². The van der Waals surface area contributed by atoms with Crippen LogP contribution in [0.1, 0.15) is 46.0 Å². The number of amides is 3. The molecule has 2 aliphatic heterocycles. The second-order valence-corrected chi connectivity index (χ2v) is 8.76. The highest BCUT2D eigenvalue weighted by Gasteiger charge is 2.24. The van der Waals surface area contributed by atoms with Gasteiger partial charge >= 0.3 is 0 Å². The Morgan fingerprint density at radius 1 is 1.04 bits per heavy atom. The van der Waals surface area contributed by atoms with E-state index < -0.39 is 0 Å². The average Bonchev–Trinajstić information content (AvgIpc) is 3.18. The summed E-state index contributed by atoms with van der Waals surface area (Å²) in [5, 5.41) is 6.11. The summed E-state index contributed by atoms with van der Waals surface area (Å²) in [5.74, 6) is 2.53. The van der Waals surface area contributed by atoms with Crippen LogP contribution in [0.25, 0.3) is 0 Å². The molecule has 1 atom stereocenters. The van der Waals surface area contributed by atoms with Crippen LogP contribution < -0.4 is 10.6 Å². The lowest BCUT2D eigenvalue weighted by atomic mass is 10.1. The van der Waals surface area contributed by atoms with Gasteiger partial charge in [0.1, 0.15) is 0 Å². The Balaban J connectivity index is 0.00000392. The molecular weight excluding hydrogens is 400 g/mol. The van der Waals surface area contributed by atoms with Crippen LogP contribution in [-0.2, 0) is 14.4 Å². The monoisotopic (exact) mass is 434 g/mol. The molecule has 2 N–H and O–H groups in total. The van der Waals surface area contributed by atoms with E-state index in [2.05, 4.69) is 10.6 Å². The van der Waals surface area contributed by atoms with Gasteiger partial charge in [-0.15, -0.1) is 24.2 Å². The first-order valence-electron chi connectivity index (χ1n) is 10.1. The maximum atomic E-state index is 12.3. The van der Waals surface area contributed by atoms with Gasteiger partial charge in [0.2, 0.25) is 17.7 Å². The second-order valence-electron chi connectivity index (χ2n) is 7.73. The molecule has 0 spiro atoms. The second kappa shape index (κ2) is 13.3. The molecule has 162 valence electrons. The number of rotatable bonds is 9. The molecule has 2 aliphatic rings. The number of thioether (sulfide) groups is 1. The van der Waals surface area contributed by atoms with E-state index in [4.69, 9.17) is 0 Å². The van der Waals surface area contributed by atoms with Gasteiger partial charge < -0.3 is 15.1 Å². The van der Waals surface area contributed by atoms with E-state index in [9.17, 15) is 14.4 Å². The van der Waals surface area contributed by atoms with Crippen molar-refractivity contribution in [3.05, 3.63) is 0 Å². The molecule has 2 rings (SSSR count). The molecule has 0 aromatic rings. The highest BCUT2D eigenvalue weighted by molar-refractivity contribution is 7.99. The van der Waals surface area contributed by atoms with E-state index in [1.165, 1.54) is 0 Å². The van der Waals surface area contributed by atoms with Gasteiger partial charge in [0, 0.05) is 57.2 Å². The molecule has 28 heavy (non-hydrogen) atoms. The number of nitrogens with zero attached hydrogens (tertiary/aromatic N) is 2. The highest BCUT2D eigenvalue weighted by atomic mass is 35.5. The van der Waals surface area contributed by atoms with E-state index in [-0.39, 0.29) is 36.2 Å². The quantitative estimate of drug-likeness (QED) is 0.537. The van der Waals surface area contributed by atoms with Crippen LogP contribution in [0.15, 0.2) is 0 Å². The molecular formula is C19H35ClN4O3S. The summed E-state index contributed by atoms with van der Waals surface area (Å²) in [6, 6.07) is -0.0531.